The molecule has 10 nitrogen and oxygen atoms in total. The first-order valence-corrected chi connectivity index (χ1v) is 12.8. The van der Waals surface area contributed by atoms with Crippen molar-refractivity contribution in [1.82, 2.24) is 9.80 Å². The Hall–Kier alpha value is -3.42. The molecular weight excluding hydrogens is 535 g/mol. The molecule has 4 rings (SSSR count). The molecule has 1 aromatic carbocycles. The molecule has 1 amide bonds. The number of amides is 1. The molecule has 0 saturated heterocycles. The summed E-state index contributed by atoms with van der Waals surface area (Å²) in [6.45, 7) is 2.21. The number of ketones is 2. The van der Waals surface area contributed by atoms with Crippen LogP contribution in [-0.4, -0.2) is 87.0 Å². The predicted molar refractivity (Wildman–Crippen MR) is 135 cm³/mol. The number of allylic oxidation sites excluding steroid dienone is 1. The smallest absolute Gasteiger partial charge is 0.417 e. The van der Waals surface area contributed by atoms with Gasteiger partial charge in [-0.05, 0) is 70.1 Å². The van der Waals surface area contributed by atoms with Crippen LogP contribution in [0.1, 0.15) is 46.8 Å². The van der Waals surface area contributed by atoms with Gasteiger partial charge >= 0.3 is 6.18 Å². The Kier molecular flexibility index (Phi) is 7.31. The lowest BCUT2D eigenvalue weighted by atomic mass is 9.58. The first kappa shape index (κ1) is 29.6. The number of aromatic hydroxyl groups is 1. The van der Waals surface area contributed by atoms with E-state index < -0.39 is 98.7 Å². The van der Waals surface area contributed by atoms with E-state index in [2.05, 4.69) is 0 Å². The molecule has 0 unspecified atom stereocenters. The van der Waals surface area contributed by atoms with Gasteiger partial charge in [-0.3, -0.25) is 19.3 Å². The molecule has 0 aliphatic heterocycles. The number of aliphatic hydroxyl groups excluding tert-OH is 2. The van der Waals surface area contributed by atoms with Gasteiger partial charge in [0.25, 0.3) is 5.91 Å². The third-order valence-corrected chi connectivity index (χ3v) is 8.14. The number of phenols is 1. The first-order valence-electron chi connectivity index (χ1n) is 12.8. The molecule has 3 aliphatic rings. The molecule has 13 heteroatoms. The molecule has 0 bridgehead atoms. The van der Waals surface area contributed by atoms with Crippen LogP contribution in [0, 0.1) is 11.8 Å². The van der Waals surface area contributed by atoms with Crippen molar-refractivity contribution < 1.29 is 48.0 Å². The normalized spacial score (nSPS) is 26.8. The molecule has 3 aliphatic carbocycles. The summed E-state index contributed by atoms with van der Waals surface area (Å²) in [4.78, 5) is 42.0. The van der Waals surface area contributed by atoms with Gasteiger partial charge in [0, 0.05) is 18.0 Å². The number of alkyl halides is 3. The molecule has 0 spiro atoms. The molecule has 218 valence electrons. The summed E-state index contributed by atoms with van der Waals surface area (Å²) in [5.41, 5.74) is -1.44. The maximum atomic E-state index is 14.5. The topological polar surface area (TPSA) is 165 Å². The molecule has 0 radical (unpaired) electrons. The number of phenolic OH excluding ortho intramolecular Hbond substituents is 1. The minimum absolute atomic E-state index is 0.148. The molecule has 0 heterocycles. The number of carbonyl (C=O) groups is 3. The number of carbonyl (C=O) groups excluding carboxylic acids is 3. The number of Topliss-reactive ketones (excluding diaryl/α,β-unsaturated/α-hetero) is 2. The zero-order valence-electron chi connectivity index (χ0n) is 22.5. The van der Waals surface area contributed by atoms with Gasteiger partial charge in [-0.2, -0.15) is 13.2 Å². The predicted octanol–water partition coefficient (Wildman–Crippen LogP) is 1.98. The maximum absolute atomic E-state index is 14.5. The van der Waals surface area contributed by atoms with Crippen LogP contribution >= 0.6 is 0 Å². The molecule has 0 saturated carbocycles. The minimum Gasteiger partial charge on any atom is -0.510 e. The number of hydrogen-bond donors (Lipinski definition) is 5. The van der Waals surface area contributed by atoms with Crippen LogP contribution < -0.4 is 5.73 Å². The van der Waals surface area contributed by atoms with Crippen molar-refractivity contribution in [2.24, 2.45) is 17.6 Å². The largest absolute Gasteiger partial charge is 0.510 e. The first-order chi connectivity index (χ1) is 18.5. The molecule has 0 fully saturated rings. The highest BCUT2D eigenvalue weighted by Crippen LogP contribution is 2.53. The summed E-state index contributed by atoms with van der Waals surface area (Å²) in [6, 6.07) is -0.362. The van der Waals surface area contributed by atoms with E-state index in [0.717, 1.165) is 6.07 Å². The van der Waals surface area contributed by atoms with Gasteiger partial charge in [0.15, 0.2) is 11.4 Å². The average molecular weight is 568 g/mol. The summed E-state index contributed by atoms with van der Waals surface area (Å²) >= 11 is 0. The zero-order chi connectivity index (χ0) is 30.1. The van der Waals surface area contributed by atoms with Gasteiger partial charge in [-0.15, -0.1) is 0 Å². The summed E-state index contributed by atoms with van der Waals surface area (Å²) in [6.07, 6.45) is -4.95. The third kappa shape index (κ3) is 4.27. The molecule has 0 aromatic heterocycles. The van der Waals surface area contributed by atoms with E-state index in [1.165, 1.54) is 19.0 Å². The van der Waals surface area contributed by atoms with Crippen molar-refractivity contribution >= 4 is 17.5 Å². The summed E-state index contributed by atoms with van der Waals surface area (Å²) < 4.78 is 43.5. The van der Waals surface area contributed by atoms with Crippen molar-refractivity contribution in [1.29, 1.82) is 0 Å². The van der Waals surface area contributed by atoms with Crippen molar-refractivity contribution in [3.63, 3.8) is 0 Å². The Bertz CT molecular complexity index is 1370. The highest BCUT2D eigenvalue weighted by Gasteiger charge is 2.63. The number of nitrogens with zero attached hydrogens (tertiary/aromatic N) is 2. The van der Waals surface area contributed by atoms with Gasteiger partial charge in [-0.25, -0.2) is 0 Å². The standard InChI is InChI=1S/C27H32F3N3O7/c1-5-6-33(4)10-12-9-15(34)17-13(19(12)27(28,29)30)7-11-8-14-20(32(2)3)22(36)18(25(31)39)24(38)26(14,40)23(37)16(11)21(17)35/h9,11,14,20,34,36-37,40H,5-8,10H2,1-4H3,(H2,31,39)/t11-,14-,20-,26-/m0/s1. The number of fused-ring (bicyclic) bond motifs is 3. The second-order valence-electron chi connectivity index (χ2n) is 11.0. The number of halogens is 3. The monoisotopic (exact) mass is 567 g/mol. The van der Waals surface area contributed by atoms with E-state index in [-0.39, 0.29) is 18.5 Å². The highest BCUT2D eigenvalue weighted by atomic mass is 19.4. The fraction of sp³-hybridized carbons (Fsp3) is 0.519. The Morgan fingerprint density at radius 3 is 2.33 bits per heavy atom. The number of hydrogen-bond acceptors (Lipinski definition) is 9. The molecule has 6 N–H and O–H groups in total. The minimum atomic E-state index is -4.89. The summed E-state index contributed by atoms with van der Waals surface area (Å²) in [5.74, 6) is -9.00. The number of likely N-dealkylation sites (N-methyl/N-ethyl adjacent to an activating group) is 1. The average Bonchev–Trinajstić information content (AvgIpc) is 2.80. The number of benzene rings is 1. The maximum Gasteiger partial charge on any atom is 0.417 e. The molecule has 40 heavy (non-hydrogen) atoms. The van der Waals surface area contributed by atoms with Crippen molar-refractivity contribution in [2.75, 3.05) is 27.7 Å². The van der Waals surface area contributed by atoms with Crippen LogP contribution in [0.15, 0.2) is 28.7 Å². The molecule has 1 aromatic rings. The van der Waals surface area contributed by atoms with E-state index in [0.29, 0.717) is 13.0 Å². The van der Waals surface area contributed by atoms with Crippen LogP contribution in [0.25, 0.3) is 0 Å². The van der Waals surface area contributed by atoms with E-state index in [1.807, 2.05) is 6.92 Å². The Labute approximate surface area is 228 Å². The fourth-order valence-electron chi connectivity index (χ4n) is 6.62. The Balaban J connectivity index is 1.96. The number of aliphatic hydroxyl groups is 3. The van der Waals surface area contributed by atoms with Crippen molar-refractivity contribution in [3.8, 4) is 5.75 Å². The summed E-state index contributed by atoms with van der Waals surface area (Å²) in [5, 5.41) is 44.4. The Morgan fingerprint density at radius 2 is 1.80 bits per heavy atom. The van der Waals surface area contributed by atoms with E-state index in [1.54, 1.807) is 11.9 Å². The second-order valence-corrected chi connectivity index (χ2v) is 11.0. The van der Waals surface area contributed by atoms with Gasteiger partial charge in [-0.1, -0.05) is 6.92 Å². The quantitative estimate of drug-likeness (QED) is 0.323. The van der Waals surface area contributed by atoms with Crippen LogP contribution in [0.5, 0.6) is 5.75 Å². The lowest BCUT2D eigenvalue weighted by Crippen LogP contribution is -2.63. The highest BCUT2D eigenvalue weighted by molar-refractivity contribution is 6.24. The zero-order valence-corrected chi connectivity index (χ0v) is 22.5. The SMILES string of the molecule is CCCN(C)Cc1cc(O)c2c(c1C(F)(F)F)C[C@H]1C[C@H]3[C@H](N(C)C)C(O)=C(C(N)=O)C(=O)[C@@]3(O)C(O)=C1C2=O. The molecule has 4 atom stereocenters. The second kappa shape index (κ2) is 9.89. The lowest BCUT2D eigenvalue weighted by Gasteiger charge is -2.50. The Morgan fingerprint density at radius 1 is 1.18 bits per heavy atom. The van der Waals surface area contributed by atoms with Gasteiger partial charge in [0.2, 0.25) is 5.78 Å². The van der Waals surface area contributed by atoms with E-state index >= 15 is 0 Å². The van der Waals surface area contributed by atoms with E-state index in [9.17, 15) is 48.0 Å². The number of rotatable bonds is 6. The van der Waals surface area contributed by atoms with E-state index in [4.69, 9.17) is 5.73 Å². The van der Waals surface area contributed by atoms with Gasteiger partial charge in [0.1, 0.15) is 22.8 Å². The van der Waals surface area contributed by atoms with Crippen LogP contribution in [0.4, 0.5) is 13.2 Å². The van der Waals surface area contributed by atoms with Gasteiger partial charge in [0.05, 0.1) is 17.2 Å². The number of primary amides is 1. The fourth-order valence-corrected chi connectivity index (χ4v) is 6.62. The summed E-state index contributed by atoms with van der Waals surface area (Å²) in [7, 11) is 4.56. The van der Waals surface area contributed by atoms with Crippen LogP contribution in [-0.2, 0) is 28.7 Å². The van der Waals surface area contributed by atoms with Crippen LogP contribution in [0.2, 0.25) is 0 Å². The number of nitrogens with two attached hydrogens (primary N) is 1. The van der Waals surface area contributed by atoms with Crippen molar-refractivity contribution in [2.45, 2.75) is 50.6 Å². The van der Waals surface area contributed by atoms with Gasteiger partial charge < -0.3 is 31.1 Å². The van der Waals surface area contributed by atoms with Crippen LogP contribution in [0.3, 0.4) is 0 Å². The lowest BCUT2D eigenvalue weighted by molar-refractivity contribution is -0.148. The van der Waals surface area contributed by atoms with Crippen molar-refractivity contribution in [3.05, 3.63) is 51.0 Å². The third-order valence-electron chi connectivity index (χ3n) is 8.14. The molecular formula is C27H32F3N3O7.